The summed E-state index contributed by atoms with van der Waals surface area (Å²) in [6.07, 6.45) is 71.3. The van der Waals surface area contributed by atoms with E-state index in [9.17, 15) is 9.90 Å². The minimum absolute atomic E-state index is 0.176. The van der Waals surface area contributed by atoms with Gasteiger partial charge in [0.2, 0.25) is 0 Å². The van der Waals surface area contributed by atoms with E-state index < -0.39 is 6.10 Å². The molecule has 0 heterocycles. The smallest absolute Gasteiger partial charge is 0.306 e. The van der Waals surface area contributed by atoms with Crippen molar-refractivity contribution in [3.63, 3.8) is 0 Å². The number of hydrogen-bond donors (Lipinski definition) is 1. The quantitative estimate of drug-likeness (QED) is 0.0377. The highest BCUT2D eigenvalue weighted by Gasteiger charge is 2.13. The fraction of sp³-hybridized carbons (Fsp3) is 0.764. The zero-order valence-corrected chi connectivity index (χ0v) is 39.3. The maximum absolute atomic E-state index is 12.3. The number of rotatable bonds is 47. The van der Waals surface area contributed by atoms with Gasteiger partial charge >= 0.3 is 5.97 Å². The third-order valence-corrected chi connectivity index (χ3v) is 11.0. The summed E-state index contributed by atoms with van der Waals surface area (Å²) < 4.78 is 11.2. The lowest BCUT2D eigenvalue weighted by molar-refractivity contribution is -0.154. The molecule has 1 unspecified atom stereocenters. The molecule has 342 valence electrons. The number of carbonyl (C=O) groups excluding carboxylic acids is 1. The summed E-state index contributed by atoms with van der Waals surface area (Å²) in [6, 6.07) is 0. The van der Waals surface area contributed by atoms with E-state index in [4.69, 9.17) is 9.47 Å². The van der Waals surface area contributed by atoms with Crippen molar-refractivity contribution in [3.8, 4) is 0 Å². The molecule has 0 aliphatic carbocycles. The monoisotopic (exact) mass is 823 g/mol. The Morgan fingerprint density at radius 3 is 1.17 bits per heavy atom. The van der Waals surface area contributed by atoms with Crippen LogP contribution in [-0.4, -0.2) is 37.0 Å². The Balaban J connectivity index is 3.44. The molecule has 0 aromatic carbocycles. The van der Waals surface area contributed by atoms with Crippen molar-refractivity contribution < 1.29 is 19.4 Å². The topological polar surface area (TPSA) is 55.8 Å². The Morgan fingerprint density at radius 1 is 0.424 bits per heavy atom. The molecule has 1 N–H and O–H groups in total. The minimum Gasteiger partial charge on any atom is -0.457 e. The average Bonchev–Trinajstić information content (AvgIpc) is 3.24. The maximum Gasteiger partial charge on any atom is 0.306 e. The lowest BCUT2D eigenvalue weighted by Crippen LogP contribution is -2.27. The summed E-state index contributed by atoms with van der Waals surface area (Å²) in [7, 11) is 0. The molecule has 0 aliphatic heterocycles. The van der Waals surface area contributed by atoms with Crippen LogP contribution in [0.25, 0.3) is 0 Å². The van der Waals surface area contributed by atoms with Gasteiger partial charge in [0.1, 0.15) is 6.10 Å². The first-order chi connectivity index (χ1) is 29.2. The summed E-state index contributed by atoms with van der Waals surface area (Å²) in [5.74, 6) is -0.204. The van der Waals surface area contributed by atoms with Crippen molar-refractivity contribution in [2.24, 2.45) is 0 Å². The van der Waals surface area contributed by atoms with Crippen LogP contribution in [0.1, 0.15) is 245 Å². The minimum atomic E-state index is -0.542. The van der Waals surface area contributed by atoms with Crippen LogP contribution in [0.2, 0.25) is 0 Å². The highest BCUT2D eigenvalue weighted by Crippen LogP contribution is 2.15. The molecule has 0 aromatic rings. The highest BCUT2D eigenvalue weighted by molar-refractivity contribution is 5.69. The fourth-order valence-corrected chi connectivity index (χ4v) is 7.23. The number of carbonyl (C=O) groups is 1. The van der Waals surface area contributed by atoms with Crippen molar-refractivity contribution in [1.82, 2.24) is 0 Å². The molecule has 0 fully saturated rings. The number of hydrogen-bond acceptors (Lipinski definition) is 4. The second-order valence-corrected chi connectivity index (χ2v) is 16.9. The molecule has 0 aromatic heterocycles. The zero-order chi connectivity index (χ0) is 42.6. The number of unbranched alkanes of at least 4 members (excludes halogenated alkanes) is 27. The largest absolute Gasteiger partial charge is 0.457 e. The third kappa shape index (κ3) is 50.1. The molecule has 0 radical (unpaired) electrons. The van der Waals surface area contributed by atoms with Crippen molar-refractivity contribution in [2.75, 3.05) is 19.8 Å². The van der Waals surface area contributed by atoms with Crippen molar-refractivity contribution in [3.05, 3.63) is 72.9 Å². The lowest BCUT2D eigenvalue weighted by atomic mass is 10.1. The lowest BCUT2D eigenvalue weighted by Gasteiger charge is -2.16. The van der Waals surface area contributed by atoms with Gasteiger partial charge in [0.05, 0.1) is 13.2 Å². The molecule has 0 amide bonds. The first kappa shape index (κ1) is 56.8. The molecule has 0 bridgehead atoms. The van der Waals surface area contributed by atoms with Crippen molar-refractivity contribution in [2.45, 2.75) is 251 Å². The van der Waals surface area contributed by atoms with E-state index in [2.05, 4.69) is 86.8 Å². The number of aliphatic hydroxyl groups is 1. The van der Waals surface area contributed by atoms with Gasteiger partial charge in [-0.05, 0) is 83.5 Å². The SMILES string of the molecule is CC/C=C\C/C=C\C/C=C\C/C=C\C/C=C\CCCCCCCCCCCCOCC(CO)OC(=O)CCCCCCCCCCC/C=C\CCCCCCCCCC. The molecule has 4 heteroatoms. The molecule has 0 rings (SSSR count). The van der Waals surface area contributed by atoms with Gasteiger partial charge in [0.15, 0.2) is 0 Å². The van der Waals surface area contributed by atoms with E-state index >= 15 is 0 Å². The normalized spacial score (nSPS) is 12.9. The van der Waals surface area contributed by atoms with Crippen LogP contribution >= 0.6 is 0 Å². The van der Waals surface area contributed by atoms with Crippen LogP contribution in [-0.2, 0) is 14.3 Å². The average molecular weight is 823 g/mol. The Kier molecular flexibility index (Phi) is 50.1. The Hall–Kier alpha value is -2.17. The molecular formula is C55H98O4. The van der Waals surface area contributed by atoms with Gasteiger partial charge in [0.25, 0.3) is 0 Å². The number of esters is 1. The molecule has 0 saturated carbocycles. The van der Waals surface area contributed by atoms with E-state index in [1.807, 2.05) is 0 Å². The Morgan fingerprint density at radius 2 is 0.763 bits per heavy atom. The first-order valence-corrected chi connectivity index (χ1v) is 25.5. The van der Waals surface area contributed by atoms with E-state index in [1.54, 1.807) is 0 Å². The molecule has 0 saturated heterocycles. The van der Waals surface area contributed by atoms with Gasteiger partial charge in [-0.1, -0.05) is 228 Å². The standard InChI is InChI=1S/C55H98O4/c1-3-5-7-9-11-13-15-17-19-21-23-25-26-27-28-29-31-33-35-37-39-41-43-45-47-49-51-58-53-54(52-56)59-55(57)50-48-46-44-42-40-38-36-34-32-30-24-22-20-18-16-14-12-10-8-6-4-2/h5,7,11,13,17,19,22-25,27-28,54,56H,3-4,6,8-10,12,14-16,18,20-21,26,29-53H2,1-2H3/b7-5-,13-11-,19-17-,24-22-,25-23-,28-27-. The maximum atomic E-state index is 12.3. The van der Waals surface area contributed by atoms with Crippen LogP contribution < -0.4 is 0 Å². The van der Waals surface area contributed by atoms with Crippen molar-refractivity contribution >= 4 is 5.97 Å². The van der Waals surface area contributed by atoms with Crippen LogP contribution in [0, 0.1) is 0 Å². The highest BCUT2D eigenvalue weighted by atomic mass is 16.6. The van der Waals surface area contributed by atoms with E-state index in [0.717, 1.165) is 51.4 Å². The number of aliphatic hydroxyl groups excluding tert-OH is 1. The predicted octanol–water partition coefficient (Wildman–Crippen LogP) is 17.3. The molecule has 0 spiro atoms. The van der Waals surface area contributed by atoms with Gasteiger partial charge in [-0.3, -0.25) is 4.79 Å². The van der Waals surface area contributed by atoms with Crippen molar-refractivity contribution in [1.29, 1.82) is 0 Å². The summed E-state index contributed by atoms with van der Waals surface area (Å²) in [5.41, 5.74) is 0. The van der Waals surface area contributed by atoms with Crippen LogP contribution in [0.15, 0.2) is 72.9 Å². The van der Waals surface area contributed by atoms with Gasteiger partial charge in [-0.2, -0.15) is 0 Å². The van der Waals surface area contributed by atoms with E-state index in [-0.39, 0.29) is 12.6 Å². The third-order valence-electron chi connectivity index (χ3n) is 11.0. The fourth-order valence-electron chi connectivity index (χ4n) is 7.23. The summed E-state index contributed by atoms with van der Waals surface area (Å²) >= 11 is 0. The van der Waals surface area contributed by atoms with Gasteiger partial charge < -0.3 is 14.6 Å². The summed E-state index contributed by atoms with van der Waals surface area (Å²) in [6.45, 7) is 5.24. The molecule has 1 atom stereocenters. The molecule has 4 nitrogen and oxygen atoms in total. The Bertz CT molecular complexity index is 1000. The second kappa shape index (κ2) is 52.0. The number of ether oxygens (including phenoxy) is 2. The predicted molar refractivity (Wildman–Crippen MR) is 260 cm³/mol. The Labute approximate surface area is 367 Å². The number of allylic oxidation sites excluding steroid dienone is 12. The van der Waals surface area contributed by atoms with Crippen LogP contribution in [0.4, 0.5) is 0 Å². The summed E-state index contributed by atoms with van der Waals surface area (Å²) in [5, 5.41) is 9.65. The van der Waals surface area contributed by atoms with Gasteiger partial charge in [-0.15, -0.1) is 0 Å². The molecule has 59 heavy (non-hydrogen) atoms. The van der Waals surface area contributed by atoms with E-state index in [0.29, 0.717) is 19.6 Å². The van der Waals surface area contributed by atoms with Gasteiger partial charge in [0, 0.05) is 13.0 Å². The zero-order valence-electron chi connectivity index (χ0n) is 39.3. The van der Waals surface area contributed by atoms with E-state index in [1.165, 1.54) is 173 Å². The summed E-state index contributed by atoms with van der Waals surface area (Å²) in [4.78, 5) is 12.3. The van der Waals surface area contributed by atoms with Crippen LogP contribution in [0.5, 0.6) is 0 Å². The second-order valence-electron chi connectivity index (χ2n) is 16.9. The molecule has 0 aliphatic rings. The van der Waals surface area contributed by atoms with Crippen LogP contribution in [0.3, 0.4) is 0 Å². The van der Waals surface area contributed by atoms with Gasteiger partial charge in [-0.25, -0.2) is 0 Å². The molecular weight excluding hydrogens is 725 g/mol. The first-order valence-electron chi connectivity index (χ1n) is 25.5.